The van der Waals surface area contributed by atoms with Gasteiger partial charge in [0.15, 0.2) is 0 Å². The Bertz CT molecular complexity index is 966. The van der Waals surface area contributed by atoms with Crippen LogP contribution in [0.1, 0.15) is 5.56 Å². The normalized spacial score (nSPS) is 10.4. The molecule has 0 unspecified atom stereocenters. The minimum absolute atomic E-state index is 0.109. The van der Waals surface area contributed by atoms with Gasteiger partial charge in [-0.3, -0.25) is 10.1 Å². The molecule has 0 spiro atoms. The smallest absolute Gasteiger partial charge is 0.258 e. The van der Waals surface area contributed by atoms with E-state index in [0.717, 1.165) is 15.7 Å². The predicted molar refractivity (Wildman–Crippen MR) is 90.9 cm³/mol. The van der Waals surface area contributed by atoms with E-state index in [9.17, 15) is 10.1 Å². The molecule has 3 rings (SSSR count). The number of halogens is 1. The van der Waals surface area contributed by atoms with E-state index in [1.54, 1.807) is 6.07 Å². The Balaban J connectivity index is 2.02. The second kappa shape index (κ2) is 6.29. The fourth-order valence-electron chi connectivity index (χ4n) is 2.24. The zero-order valence-electron chi connectivity index (χ0n) is 11.7. The van der Waals surface area contributed by atoms with Crippen LogP contribution < -0.4 is 0 Å². The second-order valence-electron chi connectivity index (χ2n) is 4.75. The molecule has 23 heavy (non-hydrogen) atoms. The summed E-state index contributed by atoms with van der Waals surface area (Å²) in [5, 5.41) is 22.4. The lowest BCUT2D eigenvalue weighted by Gasteiger charge is -2.07. The Hall–Kier alpha value is -2.55. The van der Waals surface area contributed by atoms with Crippen molar-refractivity contribution in [1.29, 1.82) is 5.26 Å². The number of nitro benzene ring substituents is 1. The van der Waals surface area contributed by atoms with Gasteiger partial charge >= 0.3 is 0 Å². The minimum Gasteiger partial charge on any atom is -0.258 e. The third-order valence-electron chi connectivity index (χ3n) is 3.34. The molecule has 6 heteroatoms. The fourth-order valence-corrected chi connectivity index (χ4v) is 3.46. The van der Waals surface area contributed by atoms with Gasteiger partial charge in [-0.1, -0.05) is 53.7 Å². The van der Waals surface area contributed by atoms with Gasteiger partial charge in [0.05, 0.1) is 9.95 Å². The largest absolute Gasteiger partial charge is 0.288 e. The number of fused-ring (bicyclic) bond motifs is 1. The summed E-state index contributed by atoms with van der Waals surface area (Å²) in [5.74, 6) is 0. The highest BCUT2D eigenvalue weighted by Crippen LogP contribution is 2.39. The maximum atomic E-state index is 10.9. The van der Waals surface area contributed by atoms with Crippen molar-refractivity contribution < 1.29 is 4.92 Å². The molecule has 112 valence electrons. The molecule has 0 saturated carbocycles. The number of rotatable bonds is 3. The number of nitro groups is 1. The number of hydrogen-bond acceptors (Lipinski definition) is 4. The van der Waals surface area contributed by atoms with E-state index in [4.69, 9.17) is 16.9 Å². The summed E-state index contributed by atoms with van der Waals surface area (Å²) in [6.07, 6.45) is 0. The van der Waals surface area contributed by atoms with E-state index in [1.165, 1.54) is 17.8 Å². The highest BCUT2D eigenvalue weighted by atomic mass is 35.5. The summed E-state index contributed by atoms with van der Waals surface area (Å²) in [7, 11) is 0. The Morgan fingerprint density at radius 1 is 1.09 bits per heavy atom. The van der Waals surface area contributed by atoms with E-state index >= 15 is 0 Å². The minimum atomic E-state index is -0.602. The Labute approximate surface area is 141 Å². The quantitative estimate of drug-likeness (QED) is 0.471. The van der Waals surface area contributed by atoms with Crippen LogP contribution in [0, 0.1) is 21.4 Å². The highest BCUT2D eigenvalue weighted by Gasteiger charge is 2.20. The third kappa shape index (κ3) is 3.00. The first-order chi connectivity index (χ1) is 11.1. The lowest BCUT2D eigenvalue weighted by atomic mass is 10.1. The van der Waals surface area contributed by atoms with Crippen LogP contribution in [0.15, 0.2) is 64.4 Å². The summed E-state index contributed by atoms with van der Waals surface area (Å²) < 4.78 is 0. The van der Waals surface area contributed by atoms with Gasteiger partial charge < -0.3 is 0 Å². The summed E-state index contributed by atoms with van der Waals surface area (Å²) in [6.45, 7) is 0. The molecule has 0 aromatic heterocycles. The highest BCUT2D eigenvalue weighted by molar-refractivity contribution is 7.99. The van der Waals surface area contributed by atoms with E-state index in [2.05, 4.69) is 0 Å². The molecule has 0 atom stereocenters. The van der Waals surface area contributed by atoms with Gasteiger partial charge in [-0.2, -0.15) is 5.26 Å². The SMILES string of the molecule is N#Cc1c([N+](=O)[O-])ccc(Sc2ccc3ccccc3c2)c1Cl. The van der Waals surface area contributed by atoms with E-state index < -0.39 is 4.92 Å². The van der Waals surface area contributed by atoms with Crippen molar-refractivity contribution in [2.75, 3.05) is 0 Å². The molecule has 0 aliphatic carbocycles. The lowest BCUT2D eigenvalue weighted by molar-refractivity contribution is -0.385. The van der Waals surface area contributed by atoms with E-state index in [1.807, 2.05) is 48.5 Å². The van der Waals surface area contributed by atoms with Crippen LogP contribution >= 0.6 is 23.4 Å². The second-order valence-corrected chi connectivity index (χ2v) is 6.25. The van der Waals surface area contributed by atoms with Gasteiger partial charge in [0.1, 0.15) is 11.6 Å². The van der Waals surface area contributed by atoms with Crippen LogP contribution in [-0.2, 0) is 0 Å². The van der Waals surface area contributed by atoms with Crippen LogP contribution in [0.4, 0.5) is 5.69 Å². The molecule has 0 saturated heterocycles. The summed E-state index contributed by atoms with van der Waals surface area (Å²) in [5.41, 5.74) is -0.386. The Kier molecular flexibility index (Phi) is 4.20. The first-order valence-corrected chi connectivity index (χ1v) is 7.83. The molecule has 0 aliphatic rings. The average Bonchev–Trinajstić information content (AvgIpc) is 2.56. The molecule has 0 heterocycles. The molecule has 0 radical (unpaired) electrons. The van der Waals surface area contributed by atoms with Gasteiger partial charge in [0, 0.05) is 15.9 Å². The van der Waals surface area contributed by atoms with Gasteiger partial charge in [-0.15, -0.1) is 0 Å². The fraction of sp³-hybridized carbons (Fsp3) is 0. The van der Waals surface area contributed by atoms with Crippen molar-refractivity contribution in [3.63, 3.8) is 0 Å². The molecule has 0 bridgehead atoms. The molecule has 0 aliphatic heterocycles. The average molecular weight is 341 g/mol. The molecular weight excluding hydrogens is 332 g/mol. The van der Waals surface area contributed by atoms with E-state index in [0.29, 0.717) is 4.90 Å². The first-order valence-electron chi connectivity index (χ1n) is 6.64. The van der Waals surface area contributed by atoms with Crippen LogP contribution in [0.3, 0.4) is 0 Å². The van der Waals surface area contributed by atoms with Crippen molar-refractivity contribution in [2.24, 2.45) is 0 Å². The van der Waals surface area contributed by atoms with E-state index in [-0.39, 0.29) is 16.3 Å². The number of nitriles is 1. The molecule has 4 nitrogen and oxygen atoms in total. The van der Waals surface area contributed by atoms with Crippen molar-refractivity contribution in [2.45, 2.75) is 9.79 Å². The topological polar surface area (TPSA) is 66.9 Å². The Morgan fingerprint density at radius 2 is 1.83 bits per heavy atom. The summed E-state index contributed by atoms with van der Waals surface area (Å²) in [6, 6.07) is 18.6. The first kappa shape index (κ1) is 15.3. The van der Waals surface area contributed by atoms with Crippen molar-refractivity contribution >= 4 is 39.8 Å². The molecule has 0 amide bonds. The van der Waals surface area contributed by atoms with Gasteiger partial charge in [-0.05, 0) is 29.0 Å². The standard InChI is InChI=1S/C17H9ClN2O2S/c18-17-14(10-19)15(20(21)22)7-8-16(17)23-13-6-5-11-3-1-2-4-12(11)9-13/h1-9H. The number of nitrogens with zero attached hydrogens (tertiary/aromatic N) is 2. The zero-order chi connectivity index (χ0) is 16.4. The summed E-state index contributed by atoms with van der Waals surface area (Å²) >= 11 is 7.55. The molecule has 0 fully saturated rings. The number of hydrogen-bond donors (Lipinski definition) is 0. The molecular formula is C17H9ClN2O2S. The third-order valence-corrected chi connectivity index (χ3v) is 4.90. The van der Waals surface area contributed by atoms with Crippen LogP contribution in [0.5, 0.6) is 0 Å². The van der Waals surface area contributed by atoms with Crippen molar-refractivity contribution in [3.05, 3.63) is 75.3 Å². The number of benzene rings is 3. The van der Waals surface area contributed by atoms with Crippen LogP contribution in [-0.4, -0.2) is 4.92 Å². The van der Waals surface area contributed by atoms with Gasteiger partial charge in [0.2, 0.25) is 0 Å². The Morgan fingerprint density at radius 3 is 2.52 bits per heavy atom. The molecule has 3 aromatic rings. The zero-order valence-corrected chi connectivity index (χ0v) is 13.3. The monoisotopic (exact) mass is 340 g/mol. The maximum absolute atomic E-state index is 10.9. The predicted octanol–water partition coefficient (Wildman–Crippen LogP) is 5.42. The molecule has 3 aromatic carbocycles. The van der Waals surface area contributed by atoms with Crippen molar-refractivity contribution in [1.82, 2.24) is 0 Å². The molecule has 0 N–H and O–H groups in total. The summed E-state index contributed by atoms with van der Waals surface area (Å²) in [4.78, 5) is 11.9. The van der Waals surface area contributed by atoms with Gasteiger partial charge in [0.25, 0.3) is 5.69 Å². The van der Waals surface area contributed by atoms with Crippen LogP contribution in [0.25, 0.3) is 10.8 Å². The van der Waals surface area contributed by atoms with Crippen molar-refractivity contribution in [3.8, 4) is 6.07 Å². The lowest BCUT2D eigenvalue weighted by Crippen LogP contribution is -1.94. The van der Waals surface area contributed by atoms with Gasteiger partial charge in [-0.25, -0.2) is 0 Å². The van der Waals surface area contributed by atoms with Crippen LogP contribution in [0.2, 0.25) is 5.02 Å². The maximum Gasteiger partial charge on any atom is 0.288 e.